The van der Waals surface area contributed by atoms with Crippen LogP contribution >= 0.6 is 0 Å². The summed E-state index contributed by atoms with van der Waals surface area (Å²) < 4.78 is 2.21. The highest BCUT2D eigenvalue weighted by Gasteiger charge is 2.30. The van der Waals surface area contributed by atoms with Gasteiger partial charge >= 0.3 is 0 Å². The Kier molecular flexibility index (Phi) is 7.16. The molecule has 3 aliphatic rings. The molecule has 2 atom stereocenters. The van der Waals surface area contributed by atoms with Crippen molar-refractivity contribution in [2.75, 3.05) is 10.6 Å². The maximum absolute atomic E-state index is 12.1. The van der Waals surface area contributed by atoms with Crippen molar-refractivity contribution >= 4 is 17.5 Å². The lowest BCUT2D eigenvalue weighted by Crippen LogP contribution is -2.43. The average molecular weight is 464 g/mol. The van der Waals surface area contributed by atoms with Gasteiger partial charge in [0.25, 0.3) is 0 Å². The summed E-state index contributed by atoms with van der Waals surface area (Å²) in [5.74, 6) is 1.71. The fraction of sp³-hybridized carbons (Fsp3) is 0.538. The van der Waals surface area contributed by atoms with Crippen LogP contribution in [0.2, 0.25) is 0 Å². The Balaban J connectivity index is 1.78. The van der Waals surface area contributed by atoms with E-state index in [9.17, 15) is 4.79 Å². The second kappa shape index (κ2) is 10.1. The molecule has 2 unspecified atom stereocenters. The first-order valence-corrected chi connectivity index (χ1v) is 12.4. The molecule has 1 aromatic rings. The fourth-order valence-corrected chi connectivity index (χ4v) is 4.85. The summed E-state index contributed by atoms with van der Waals surface area (Å²) in [6.45, 7) is 10.6. The summed E-state index contributed by atoms with van der Waals surface area (Å²) in [5, 5.41) is 16.2. The number of rotatable bonds is 8. The predicted octanol–water partition coefficient (Wildman–Crippen LogP) is 4.98. The van der Waals surface area contributed by atoms with Crippen molar-refractivity contribution in [3.05, 3.63) is 41.1 Å². The summed E-state index contributed by atoms with van der Waals surface area (Å²) in [6, 6.07) is 8.09. The zero-order valence-corrected chi connectivity index (χ0v) is 20.9. The summed E-state index contributed by atoms with van der Waals surface area (Å²) in [6.07, 6.45) is 4.39. The zero-order valence-electron chi connectivity index (χ0n) is 20.9. The average Bonchev–Trinajstić information content (AvgIpc) is 3.24. The monoisotopic (exact) mass is 463 g/mol. The van der Waals surface area contributed by atoms with E-state index >= 15 is 0 Å². The Hall–Kier alpha value is -3.00. The maximum Gasteiger partial charge on any atom is 0.205 e. The molecule has 0 saturated heterocycles. The number of benzene rings is 1. The van der Waals surface area contributed by atoms with Crippen molar-refractivity contribution in [3.63, 3.8) is 0 Å². The van der Waals surface area contributed by atoms with Crippen LogP contribution in [0.1, 0.15) is 93.9 Å². The smallest absolute Gasteiger partial charge is 0.205 e. The van der Waals surface area contributed by atoms with E-state index in [2.05, 4.69) is 53.1 Å². The van der Waals surface area contributed by atoms with Gasteiger partial charge in [-0.3, -0.25) is 4.79 Å². The van der Waals surface area contributed by atoms with Crippen LogP contribution in [-0.4, -0.2) is 37.6 Å². The van der Waals surface area contributed by atoms with Gasteiger partial charge in [-0.2, -0.15) is 10.1 Å². The van der Waals surface area contributed by atoms with Crippen molar-refractivity contribution < 1.29 is 4.79 Å². The lowest BCUT2D eigenvalue weighted by Gasteiger charge is -2.32. The number of hydrogen-bond acceptors (Lipinski definition) is 7. The summed E-state index contributed by atoms with van der Waals surface area (Å²) in [4.78, 5) is 17.1. The number of carbonyl (C=O) groups is 1. The van der Waals surface area contributed by atoms with E-state index < -0.39 is 0 Å². The van der Waals surface area contributed by atoms with Gasteiger partial charge in [0.1, 0.15) is 0 Å². The third-order valence-corrected chi connectivity index (χ3v) is 6.68. The van der Waals surface area contributed by atoms with Crippen molar-refractivity contribution in [2.24, 2.45) is 5.73 Å². The highest BCUT2D eigenvalue weighted by Crippen LogP contribution is 2.38. The SMILES string of the molecule is CC(=O)c1ccccc1CNc1nc(NC2CCCCC2N)n(C(C)C)c2c(C(C)C)nnc1-2. The highest BCUT2D eigenvalue weighted by atomic mass is 16.1. The third kappa shape index (κ3) is 4.78. The molecule has 8 nitrogen and oxygen atoms in total. The largest absolute Gasteiger partial charge is 0.364 e. The molecule has 182 valence electrons. The molecule has 4 rings (SSSR count). The first kappa shape index (κ1) is 24.1. The van der Waals surface area contributed by atoms with Crippen LogP contribution in [0.15, 0.2) is 24.3 Å². The molecular weight excluding hydrogens is 426 g/mol. The molecule has 2 aliphatic heterocycles. The molecule has 0 radical (unpaired) electrons. The van der Waals surface area contributed by atoms with Crippen molar-refractivity contribution in [2.45, 2.75) is 90.9 Å². The first-order chi connectivity index (χ1) is 16.3. The minimum atomic E-state index is 0.0463. The number of anilines is 2. The quantitative estimate of drug-likeness (QED) is 0.404. The fourth-order valence-electron chi connectivity index (χ4n) is 4.85. The van der Waals surface area contributed by atoms with Gasteiger partial charge in [-0.15, -0.1) is 5.10 Å². The Morgan fingerprint density at radius 1 is 1.15 bits per heavy atom. The van der Waals surface area contributed by atoms with E-state index in [0.717, 1.165) is 41.4 Å². The van der Waals surface area contributed by atoms with Crippen LogP contribution in [-0.2, 0) is 6.54 Å². The Morgan fingerprint density at radius 2 is 1.88 bits per heavy atom. The Bertz CT molecular complexity index is 1120. The van der Waals surface area contributed by atoms with E-state index in [4.69, 9.17) is 10.7 Å². The molecular formula is C26H37N7O. The lowest BCUT2D eigenvalue weighted by molar-refractivity contribution is 0.101. The normalized spacial score (nSPS) is 18.6. The number of nitrogens with zero attached hydrogens (tertiary/aromatic N) is 4. The van der Waals surface area contributed by atoms with Gasteiger partial charge in [0, 0.05) is 30.2 Å². The van der Waals surface area contributed by atoms with Gasteiger partial charge in [-0.05, 0) is 45.1 Å². The number of nitrogens with one attached hydrogen (secondary N) is 2. The number of nitrogens with two attached hydrogens (primary N) is 1. The zero-order chi connectivity index (χ0) is 24.4. The van der Waals surface area contributed by atoms with Crippen LogP contribution in [0.3, 0.4) is 0 Å². The molecule has 34 heavy (non-hydrogen) atoms. The summed E-state index contributed by atoms with van der Waals surface area (Å²) in [5.41, 5.74) is 10.8. The Labute approximate surface area is 202 Å². The molecule has 1 aliphatic carbocycles. The minimum absolute atomic E-state index is 0.0463. The molecule has 4 N–H and O–H groups in total. The van der Waals surface area contributed by atoms with Crippen molar-refractivity contribution in [1.29, 1.82) is 0 Å². The molecule has 0 aromatic heterocycles. The topological polar surface area (TPSA) is 111 Å². The summed E-state index contributed by atoms with van der Waals surface area (Å²) in [7, 11) is 0. The lowest BCUT2D eigenvalue weighted by atomic mass is 9.91. The van der Waals surface area contributed by atoms with Gasteiger partial charge in [-0.1, -0.05) is 51.0 Å². The molecule has 0 spiro atoms. The Morgan fingerprint density at radius 3 is 2.56 bits per heavy atom. The van der Waals surface area contributed by atoms with Crippen LogP contribution in [0.5, 0.6) is 0 Å². The molecule has 1 aromatic carbocycles. The van der Waals surface area contributed by atoms with E-state index in [-0.39, 0.29) is 29.8 Å². The van der Waals surface area contributed by atoms with E-state index in [1.807, 2.05) is 24.3 Å². The number of ketones is 1. The minimum Gasteiger partial charge on any atom is -0.364 e. The maximum atomic E-state index is 12.1. The molecule has 2 heterocycles. The second-order valence-electron chi connectivity index (χ2n) is 9.95. The number of fused-ring (bicyclic) bond motifs is 1. The molecule has 1 saturated carbocycles. The molecule has 0 bridgehead atoms. The highest BCUT2D eigenvalue weighted by molar-refractivity contribution is 5.95. The molecule has 0 amide bonds. The first-order valence-electron chi connectivity index (χ1n) is 12.4. The molecule has 8 heteroatoms. The van der Waals surface area contributed by atoms with Crippen LogP contribution < -0.4 is 16.4 Å². The van der Waals surface area contributed by atoms with Crippen LogP contribution in [0, 0.1) is 0 Å². The second-order valence-corrected chi connectivity index (χ2v) is 9.95. The summed E-state index contributed by atoms with van der Waals surface area (Å²) >= 11 is 0. The van der Waals surface area contributed by atoms with E-state index in [0.29, 0.717) is 17.9 Å². The van der Waals surface area contributed by atoms with Gasteiger partial charge in [0.05, 0.1) is 11.4 Å². The van der Waals surface area contributed by atoms with Gasteiger partial charge in [0.2, 0.25) is 5.95 Å². The number of carbonyl (C=O) groups excluding carboxylic acids is 1. The van der Waals surface area contributed by atoms with E-state index in [1.54, 1.807) is 6.92 Å². The molecule has 1 fully saturated rings. The number of aromatic nitrogens is 4. The van der Waals surface area contributed by atoms with Gasteiger partial charge in [-0.25, -0.2) is 0 Å². The predicted molar refractivity (Wildman–Crippen MR) is 137 cm³/mol. The van der Waals surface area contributed by atoms with Crippen molar-refractivity contribution in [3.8, 4) is 11.4 Å². The third-order valence-electron chi connectivity index (χ3n) is 6.68. The van der Waals surface area contributed by atoms with Gasteiger partial charge < -0.3 is 20.9 Å². The van der Waals surface area contributed by atoms with Gasteiger partial charge in [0.15, 0.2) is 17.3 Å². The van der Waals surface area contributed by atoms with Crippen LogP contribution in [0.4, 0.5) is 11.8 Å². The van der Waals surface area contributed by atoms with Crippen LogP contribution in [0.25, 0.3) is 11.4 Å². The number of hydrogen-bond donors (Lipinski definition) is 3. The van der Waals surface area contributed by atoms with E-state index in [1.165, 1.54) is 12.8 Å². The van der Waals surface area contributed by atoms with Crippen molar-refractivity contribution in [1.82, 2.24) is 19.7 Å². The number of Topliss-reactive ketones (excluding diaryl/α,β-unsaturated/α-hetero) is 1. The standard InChI is InChI=1S/C26H37N7O/c1-15(2)22-24-23(32-31-22)25(28-14-18-10-6-7-11-19(18)17(5)34)30-26(33(24)16(3)4)29-21-13-9-8-12-20(21)27/h6-7,10-11,15-16,20-21,28H,8-9,12-14,27H2,1-5H3,(H,29,30).